The smallest absolute Gasteiger partial charge is 0.227 e. The molecule has 6 unspecified atom stereocenters. The molecule has 0 aliphatic carbocycles. The van der Waals surface area contributed by atoms with Crippen molar-refractivity contribution in [1.29, 1.82) is 0 Å². The van der Waals surface area contributed by atoms with E-state index in [9.17, 15) is 0 Å². The van der Waals surface area contributed by atoms with E-state index in [0.29, 0.717) is 50.2 Å². The Morgan fingerprint density at radius 3 is 2.13 bits per heavy atom. The highest BCUT2D eigenvalue weighted by Gasteiger charge is 2.93. The highest BCUT2D eigenvalue weighted by molar-refractivity contribution is 7.14. The lowest BCUT2D eigenvalue weighted by molar-refractivity contribution is -0.0226. The largest absolute Gasteiger partial charge is 0.447 e. The summed E-state index contributed by atoms with van der Waals surface area (Å²) in [5, 5.41) is 74.1. The highest BCUT2D eigenvalue weighted by Crippen LogP contribution is 2.80. The molecule has 0 spiro atoms. The minimum absolute atomic E-state index is 0.0101. The Morgan fingerprint density at radius 1 is 0.554 bits per heavy atom. The van der Waals surface area contributed by atoms with Gasteiger partial charge in [0.15, 0.2) is 51.7 Å². The average molecular weight is 1410 g/mol. The summed E-state index contributed by atoms with van der Waals surface area (Å²) < 4.78 is 38.6. The van der Waals surface area contributed by atoms with Gasteiger partial charge in [0.05, 0.1) is 46.3 Å². The normalized spacial score (nSPS) is 22.4. The Kier molecular flexibility index (Phi) is 13.7. The van der Waals surface area contributed by atoms with E-state index in [2.05, 4.69) is 91.9 Å². The number of hydrogen-bond donors (Lipinski definition) is 5. The van der Waals surface area contributed by atoms with E-state index in [1.165, 1.54) is 53.0 Å². The third kappa shape index (κ3) is 7.74. The fraction of sp³-hybridized carbons (Fsp3) is 0.0882. The standard InChI is InChI=1S/C68H47N25O4S4/c1-3-14-43(15-4-1)45-18-7-8-19-46(45)67(63(48-24-29-75-77-48,44-16-5-2-6-17-44)57(59-71-30-31-72-59)58(47-20-11-28-69-47)90(56-23-13-37-98-56)93(67)55-22-12-34-94-55)68(52-41-97-88-79-52)91(53-25-35-96-83-53)65(61-73-32-36-95-61,50-21-9-10-27-70-50)64(49-26-38-100-84-49,60-81-86-87-82-60)66(51-40-76-85-78-51,62-74-33-39-99-62)92(68)54-42-101-89-80-54/h1-42,69H,(H,71,72)(H,75,77)(H,76,78,85)(H,81,82,86,87). The van der Waals surface area contributed by atoms with Crippen LogP contribution < -0.4 is 19.8 Å². The third-order valence-electron chi connectivity index (χ3n) is 19.1. The van der Waals surface area contributed by atoms with Gasteiger partial charge in [0.1, 0.15) is 44.9 Å². The number of pyridine rings is 1. The Labute approximate surface area is 585 Å². The monoisotopic (exact) mass is 1410 g/mol. The molecule has 3 aromatic carbocycles. The second-order valence-corrected chi connectivity index (χ2v) is 26.4. The first-order valence-corrected chi connectivity index (χ1v) is 34.7. The van der Waals surface area contributed by atoms with Crippen LogP contribution in [0.4, 0.5) is 22.5 Å². The van der Waals surface area contributed by atoms with Crippen LogP contribution in [0.3, 0.4) is 0 Å². The molecule has 492 valence electrons. The molecule has 1 fully saturated rings. The van der Waals surface area contributed by atoms with Gasteiger partial charge in [-0.05, 0) is 116 Å². The van der Waals surface area contributed by atoms with E-state index in [1.54, 1.807) is 55.7 Å². The number of benzene rings is 3. The summed E-state index contributed by atoms with van der Waals surface area (Å²) in [6, 6.07) is 51.5. The molecular weight excluding hydrogens is 1360 g/mol. The number of H-pyrrole nitrogens is 5. The number of hydrogen-bond acceptors (Lipinski definition) is 28. The molecule has 19 rings (SSSR count). The van der Waals surface area contributed by atoms with Crippen LogP contribution in [0.2, 0.25) is 0 Å². The number of aromatic amines is 5. The summed E-state index contributed by atoms with van der Waals surface area (Å²) in [6.45, 7) is 0. The van der Waals surface area contributed by atoms with Crippen LogP contribution in [0, 0.1) is 0 Å². The maximum atomic E-state index is 7.46. The molecule has 17 aromatic rings. The van der Waals surface area contributed by atoms with Crippen LogP contribution in [-0.4, -0.2) is 106 Å². The van der Waals surface area contributed by atoms with E-state index < -0.39 is 33.1 Å². The number of aromatic nitrogens is 21. The van der Waals surface area contributed by atoms with E-state index >= 15 is 0 Å². The zero-order chi connectivity index (χ0) is 67.1. The molecule has 0 amide bonds. The van der Waals surface area contributed by atoms with Crippen LogP contribution in [0.15, 0.2) is 272 Å². The van der Waals surface area contributed by atoms with Crippen LogP contribution in [0.5, 0.6) is 0 Å². The highest BCUT2D eigenvalue weighted by atomic mass is 32.1. The van der Waals surface area contributed by atoms with Gasteiger partial charge < -0.3 is 37.6 Å². The minimum Gasteiger partial charge on any atom is -0.447 e. The van der Waals surface area contributed by atoms with Gasteiger partial charge in [0, 0.05) is 77.1 Å². The molecule has 101 heavy (non-hydrogen) atoms. The lowest BCUT2D eigenvalue weighted by atomic mass is 9.43. The van der Waals surface area contributed by atoms with Crippen molar-refractivity contribution in [2.24, 2.45) is 0 Å². The van der Waals surface area contributed by atoms with Gasteiger partial charge in [-0.1, -0.05) is 106 Å². The molecule has 0 saturated carbocycles. The zero-order valence-electron chi connectivity index (χ0n) is 52.0. The van der Waals surface area contributed by atoms with Crippen molar-refractivity contribution in [1.82, 2.24) is 106 Å². The van der Waals surface area contributed by atoms with E-state index in [0.717, 1.165) is 17.1 Å². The van der Waals surface area contributed by atoms with Gasteiger partial charge in [-0.3, -0.25) is 15.2 Å². The SMILES string of the molecule is c1ccc(-c2ccccc2C2(C3(c4conn4)N(c4ccon4)C(c4ccccn4)(c4ncco4)C(c4ccsn4)(c4nnn[nH]4)C(c4c[nH]nn4)(c4nccs4)N3c3csnn3)N(c3ccco3)N(c3cccs3)C(c3ccc[nH]3)=C(c3ncc[nH]3)C2(c2ccccc2)c2cc[nH]n2)cc1. The zero-order valence-corrected chi connectivity index (χ0v) is 55.2. The van der Waals surface area contributed by atoms with Crippen molar-refractivity contribution in [3.63, 3.8) is 0 Å². The second-order valence-electron chi connectivity index (χ2n) is 23.3. The number of thiazole rings is 1. The topological polar surface area (TPSA) is 351 Å². The Morgan fingerprint density at radius 2 is 1.46 bits per heavy atom. The summed E-state index contributed by atoms with van der Waals surface area (Å²) >= 11 is 5.00. The molecule has 16 heterocycles. The molecular formula is C68H47N25O4S4. The lowest BCUT2D eigenvalue weighted by Crippen LogP contribution is -2.94. The van der Waals surface area contributed by atoms with Crippen molar-refractivity contribution >= 4 is 79.5 Å². The second kappa shape index (κ2) is 23.4. The van der Waals surface area contributed by atoms with E-state index in [1.807, 2.05) is 143 Å². The first-order chi connectivity index (χ1) is 50.2. The molecule has 0 radical (unpaired) electrons. The fourth-order valence-electron chi connectivity index (χ4n) is 16.3. The third-order valence-corrected chi connectivity index (χ3v) is 21.9. The molecule has 14 aromatic heterocycles. The molecule has 0 bridgehead atoms. The number of hydrazine groups is 1. The number of rotatable bonds is 18. The van der Waals surface area contributed by atoms with Gasteiger partial charge >= 0.3 is 0 Å². The van der Waals surface area contributed by atoms with Crippen molar-refractivity contribution in [3.05, 3.63) is 322 Å². The first-order valence-electron chi connectivity index (χ1n) is 31.2. The molecule has 33 heteroatoms. The molecule has 2 aliphatic rings. The Bertz CT molecular complexity index is 5460. The van der Waals surface area contributed by atoms with Crippen LogP contribution in [-0.2, 0) is 33.1 Å². The van der Waals surface area contributed by atoms with Gasteiger partial charge in [0.2, 0.25) is 11.8 Å². The molecule has 2 aliphatic heterocycles. The van der Waals surface area contributed by atoms with Crippen LogP contribution in [0.1, 0.15) is 67.8 Å². The van der Waals surface area contributed by atoms with E-state index in [-0.39, 0.29) is 57.0 Å². The molecule has 1 saturated heterocycles. The number of nitrogens with zero attached hydrogens (tertiary/aromatic N) is 20. The number of furan rings is 1. The summed E-state index contributed by atoms with van der Waals surface area (Å²) in [4.78, 5) is 34.0. The van der Waals surface area contributed by atoms with Crippen molar-refractivity contribution in [3.8, 4) is 11.1 Å². The Balaban J connectivity index is 1.25. The van der Waals surface area contributed by atoms with Crippen molar-refractivity contribution in [2.45, 2.75) is 33.1 Å². The maximum absolute atomic E-state index is 7.46. The number of oxazole rings is 1. The quantitative estimate of drug-likeness (QED) is 0.0533. The minimum atomic E-state index is -2.72. The lowest BCUT2D eigenvalue weighted by Gasteiger charge is -2.78. The number of thiophene rings is 1. The Hall–Kier alpha value is -13.0. The van der Waals surface area contributed by atoms with Gasteiger partial charge in [-0.25, -0.2) is 30.1 Å². The number of imidazole rings is 1. The first kappa shape index (κ1) is 59.3. The predicted octanol–water partition coefficient (Wildman–Crippen LogP) is 11.4. The number of tetrazole rings is 1. The summed E-state index contributed by atoms with van der Waals surface area (Å²) in [7, 11) is 0. The van der Waals surface area contributed by atoms with Crippen molar-refractivity contribution < 1.29 is 17.9 Å². The summed E-state index contributed by atoms with van der Waals surface area (Å²) in [6.07, 6.45) is 20.0. The van der Waals surface area contributed by atoms with Crippen molar-refractivity contribution in [2.75, 3.05) is 19.8 Å². The summed E-state index contributed by atoms with van der Waals surface area (Å²) in [5.74, 6) is 0.732. The van der Waals surface area contributed by atoms with Crippen LogP contribution in [0.25, 0.3) is 22.4 Å². The molecule has 29 nitrogen and oxygen atoms in total. The van der Waals surface area contributed by atoms with Gasteiger partial charge in [0.25, 0.3) is 0 Å². The van der Waals surface area contributed by atoms with Crippen LogP contribution >= 0.6 is 45.7 Å². The fourth-order valence-corrected chi connectivity index (χ4v) is 18.9. The molecule has 6 atom stereocenters. The predicted molar refractivity (Wildman–Crippen MR) is 369 cm³/mol. The van der Waals surface area contributed by atoms with Gasteiger partial charge in [-0.2, -0.15) is 9.47 Å². The number of nitrogens with one attached hydrogen (secondary N) is 5. The maximum Gasteiger partial charge on any atom is 0.227 e. The molecule has 5 N–H and O–H groups in total. The number of anilines is 4. The van der Waals surface area contributed by atoms with E-state index in [4.69, 9.17) is 87.8 Å². The average Bonchev–Trinajstić information content (AvgIpc) is 1.57. The summed E-state index contributed by atoms with van der Waals surface area (Å²) in [5.41, 5.74) is -9.31. The van der Waals surface area contributed by atoms with Gasteiger partial charge in [-0.15, -0.1) is 43.1 Å².